The van der Waals surface area contributed by atoms with Crippen LogP contribution in [-0.4, -0.2) is 35.1 Å². The van der Waals surface area contributed by atoms with Crippen molar-refractivity contribution in [3.05, 3.63) is 5.01 Å². The van der Waals surface area contributed by atoms with Gasteiger partial charge in [-0.25, -0.2) is 4.79 Å². The van der Waals surface area contributed by atoms with Crippen molar-refractivity contribution in [3.63, 3.8) is 0 Å². The predicted molar refractivity (Wildman–Crippen MR) is 52.0 cm³/mol. The molecule has 1 unspecified atom stereocenters. The minimum Gasteiger partial charge on any atom is -0.461 e. The van der Waals surface area contributed by atoms with Crippen LogP contribution in [0, 0.1) is 0 Å². The Labute approximate surface area is 98.6 Å². The second-order valence-corrected chi connectivity index (χ2v) is 3.84. The number of ether oxygens (including phenoxy) is 2. The molecule has 0 aliphatic heterocycles. The van der Waals surface area contributed by atoms with Crippen molar-refractivity contribution in [2.45, 2.75) is 26.1 Å². The fraction of sp³-hybridized carbons (Fsp3) is 0.625. The molecule has 0 saturated carbocycles. The summed E-state index contributed by atoms with van der Waals surface area (Å²) in [5.41, 5.74) is 0. The predicted octanol–water partition coefficient (Wildman–Crippen LogP) is 2.04. The average molecular weight is 270 g/mol. The summed E-state index contributed by atoms with van der Waals surface area (Å²) >= 11 is 0.606. The molecule has 0 aliphatic carbocycles. The molecule has 0 saturated heterocycles. The zero-order chi connectivity index (χ0) is 13.1. The Balaban J connectivity index is 2.66. The lowest BCUT2D eigenvalue weighted by atomic mass is 10.4. The van der Waals surface area contributed by atoms with Crippen LogP contribution in [0.15, 0.2) is 0 Å². The van der Waals surface area contributed by atoms with Gasteiger partial charge in [-0.05, 0) is 25.2 Å². The van der Waals surface area contributed by atoms with E-state index in [1.54, 1.807) is 6.92 Å². The topological polar surface area (TPSA) is 61.3 Å². The molecule has 9 heteroatoms. The molecule has 0 fully saturated rings. The molecular formula is C8H9F3N2O3S. The molecule has 1 aromatic rings. The van der Waals surface area contributed by atoms with Crippen LogP contribution in [0.25, 0.3) is 0 Å². The summed E-state index contributed by atoms with van der Waals surface area (Å²) in [5.74, 6) is -0.737. The average Bonchev–Trinajstić information content (AvgIpc) is 2.65. The molecule has 0 radical (unpaired) electrons. The quantitative estimate of drug-likeness (QED) is 0.783. The first kappa shape index (κ1) is 13.7. The van der Waals surface area contributed by atoms with Crippen molar-refractivity contribution in [3.8, 4) is 5.19 Å². The number of esters is 1. The highest BCUT2D eigenvalue weighted by molar-refractivity contribution is 7.14. The van der Waals surface area contributed by atoms with Gasteiger partial charge in [-0.2, -0.15) is 13.2 Å². The van der Waals surface area contributed by atoms with Gasteiger partial charge in [-0.1, -0.05) is 5.10 Å². The van der Waals surface area contributed by atoms with Gasteiger partial charge in [0.2, 0.25) is 5.01 Å². The van der Waals surface area contributed by atoms with Gasteiger partial charge in [0.1, 0.15) is 0 Å². The molecule has 0 N–H and O–H groups in total. The van der Waals surface area contributed by atoms with E-state index >= 15 is 0 Å². The van der Waals surface area contributed by atoms with E-state index < -0.39 is 18.2 Å². The molecule has 5 nitrogen and oxygen atoms in total. The summed E-state index contributed by atoms with van der Waals surface area (Å²) < 4.78 is 45.6. The third kappa shape index (κ3) is 3.84. The number of halogens is 3. The number of hydrogen-bond donors (Lipinski definition) is 0. The van der Waals surface area contributed by atoms with Gasteiger partial charge in [0, 0.05) is 0 Å². The number of aromatic nitrogens is 2. The molecule has 96 valence electrons. The summed E-state index contributed by atoms with van der Waals surface area (Å²) in [6, 6.07) is 0. The zero-order valence-corrected chi connectivity index (χ0v) is 9.76. The van der Waals surface area contributed by atoms with Crippen molar-refractivity contribution in [1.82, 2.24) is 10.2 Å². The smallest absolute Gasteiger partial charge is 0.425 e. The Morgan fingerprint density at radius 3 is 2.65 bits per heavy atom. The van der Waals surface area contributed by atoms with Gasteiger partial charge >= 0.3 is 12.1 Å². The van der Waals surface area contributed by atoms with Gasteiger partial charge < -0.3 is 9.47 Å². The summed E-state index contributed by atoms with van der Waals surface area (Å²) in [7, 11) is 0. The minimum absolute atomic E-state index is 0.142. The molecule has 0 spiro atoms. The molecule has 0 aliphatic rings. The van der Waals surface area contributed by atoms with E-state index in [1.807, 2.05) is 0 Å². The first-order chi connectivity index (χ1) is 7.84. The highest BCUT2D eigenvalue weighted by Gasteiger charge is 2.38. The summed E-state index contributed by atoms with van der Waals surface area (Å²) in [4.78, 5) is 11.1. The normalized spacial score (nSPS) is 13.2. The second kappa shape index (κ2) is 5.30. The van der Waals surface area contributed by atoms with Crippen molar-refractivity contribution >= 4 is 17.3 Å². The minimum atomic E-state index is -4.49. The Morgan fingerprint density at radius 2 is 2.12 bits per heavy atom. The van der Waals surface area contributed by atoms with Gasteiger partial charge in [0.15, 0.2) is 6.10 Å². The molecule has 1 rings (SSSR count). The van der Waals surface area contributed by atoms with E-state index in [9.17, 15) is 18.0 Å². The Hall–Kier alpha value is -1.38. The third-order valence-electron chi connectivity index (χ3n) is 1.60. The Kier molecular flexibility index (Phi) is 4.27. The lowest BCUT2D eigenvalue weighted by Gasteiger charge is -2.14. The molecule has 1 heterocycles. The molecule has 0 aromatic carbocycles. The van der Waals surface area contributed by atoms with Gasteiger partial charge in [-0.3, -0.25) is 0 Å². The molecule has 1 atom stereocenters. The van der Waals surface area contributed by atoms with Crippen molar-refractivity contribution in [1.29, 1.82) is 0 Å². The van der Waals surface area contributed by atoms with Crippen LogP contribution in [0.5, 0.6) is 5.19 Å². The Morgan fingerprint density at radius 1 is 1.47 bits per heavy atom. The first-order valence-corrected chi connectivity index (χ1v) is 5.40. The van der Waals surface area contributed by atoms with Crippen molar-refractivity contribution in [2.24, 2.45) is 0 Å². The molecule has 1 aromatic heterocycles. The third-order valence-corrected chi connectivity index (χ3v) is 2.39. The molecule has 0 bridgehead atoms. The van der Waals surface area contributed by atoms with Crippen LogP contribution in [-0.2, 0) is 4.74 Å². The number of carbonyl (C=O) groups excluding carboxylic acids is 1. The highest BCUT2D eigenvalue weighted by Crippen LogP contribution is 2.26. The number of rotatable bonds is 4. The summed E-state index contributed by atoms with van der Waals surface area (Å²) in [6.07, 6.45) is -6.50. The Bertz CT molecular complexity index is 394. The van der Waals surface area contributed by atoms with Crippen LogP contribution in [0.4, 0.5) is 13.2 Å². The largest absolute Gasteiger partial charge is 0.461 e. The summed E-state index contributed by atoms with van der Waals surface area (Å²) in [6.45, 7) is 2.58. The van der Waals surface area contributed by atoms with E-state index in [0.29, 0.717) is 11.3 Å². The number of carbonyl (C=O) groups is 1. The van der Waals surface area contributed by atoms with E-state index in [-0.39, 0.29) is 16.8 Å². The lowest BCUT2D eigenvalue weighted by molar-refractivity contribution is -0.189. The number of alkyl halides is 3. The van der Waals surface area contributed by atoms with Crippen LogP contribution < -0.4 is 4.74 Å². The SMILES string of the molecule is CCOC(=O)c1nnc(OC(C)C(F)(F)F)s1. The van der Waals surface area contributed by atoms with E-state index in [2.05, 4.69) is 19.7 Å². The molecular weight excluding hydrogens is 261 g/mol. The van der Waals surface area contributed by atoms with Crippen LogP contribution >= 0.6 is 11.3 Å². The van der Waals surface area contributed by atoms with E-state index in [1.165, 1.54) is 0 Å². The first-order valence-electron chi connectivity index (χ1n) is 4.58. The van der Waals surface area contributed by atoms with Crippen LogP contribution in [0.3, 0.4) is 0 Å². The maximum Gasteiger partial charge on any atom is 0.425 e. The molecule has 17 heavy (non-hydrogen) atoms. The second-order valence-electron chi connectivity index (χ2n) is 2.90. The zero-order valence-electron chi connectivity index (χ0n) is 8.95. The van der Waals surface area contributed by atoms with E-state index in [0.717, 1.165) is 6.92 Å². The van der Waals surface area contributed by atoms with Crippen molar-refractivity contribution in [2.75, 3.05) is 6.61 Å². The van der Waals surface area contributed by atoms with Crippen molar-refractivity contribution < 1.29 is 27.4 Å². The monoisotopic (exact) mass is 270 g/mol. The summed E-state index contributed by atoms with van der Waals surface area (Å²) in [5, 5.41) is 6.23. The maximum absolute atomic E-state index is 12.2. The van der Waals surface area contributed by atoms with Gasteiger partial charge in [0.25, 0.3) is 5.19 Å². The van der Waals surface area contributed by atoms with Crippen LogP contribution in [0.2, 0.25) is 0 Å². The van der Waals surface area contributed by atoms with Gasteiger partial charge in [-0.15, -0.1) is 5.10 Å². The molecule has 0 amide bonds. The van der Waals surface area contributed by atoms with E-state index in [4.69, 9.17) is 0 Å². The standard InChI is InChI=1S/C8H9F3N2O3S/c1-3-15-6(14)5-12-13-7(17-5)16-4(2)8(9,10)11/h4H,3H2,1-2H3. The fourth-order valence-electron chi connectivity index (χ4n) is 0.751. The van der Waals surface area contributed by atoms with Crippen LogP contribution in [0.1, 0.15) is 23.6 Å². The fourth-order valence-corrected chi connectivity index (χ4v) is 1.41. The maximum atomic E-state index is 12.2. The van der Waals surface area contributed by atoms with Gasteiger partial charge in [0.05, 0.1) is 6.61 Å². The highest BCUT2D eigenvalue weighted by atomic mass is 32.1. The number of hydrogen-bond acceptors (Lipinski definition) is 6. The lowest BCUT2D eigenvalue weighted by Crippen LogP contribution is -2.31. The number of nitrogens with zero attached hydrogens (tertiary/aromatic N) is 2.